The largest absolute Gasteiger partial charge is 0.313 e. The standard InChI is InChI=1S/C10H17N/c1-2-4-7(3-1)10-9-5-8(9)6-11-10/h7-11H,1-6H2. The topological polar surface area (TPSA) is 12.0 Å². The molecule has 0 spiro atoms. The maximum Gasteiger partial charge on any atom is 0.0127 e. The Bertz CT molecular complexity index is 160. The van der Waals surface area contributed by atoms with Crippen LogP contribution in [0.2, 0.25) is 0 Å². The first-order valence-electron chi connectivity index (χ1n) is 5.18. The minimum Gasteiger partial charge on any atom is -0.313 e. The third kappa shape index (κ3) is 0.936. The molecule has 1 N–H and O–H groups in total. The summed E-state index contributed by atoms with van der Waals surface area (Å²) in [4.78, 5) is 0. The van der Waals surface area contributed by atoms with E-state index >= 15 is 0 Å². The Morgan fingerprint density at radius 3 is 2.36 bits per heavy atom. The fraction of sp³-hybridized carbons (Fsp3) is 1.00. The molecule has 11 heavy (non-hydrogen) atoms. The van der Waals surface area contributed by atoms with Crippen LogP contribution in [0.4, 0.5) is 0 Å². The van der Waals surface area contributed by atoms with Gasteiger partial charge in [0.2, 0.25) is 0 Å². The van der Waals surface area contributed by atoms with Crippen molar-refractivity contribution in [3.05, 3.63) is 0 Å². The van der Waals surface area contributed by atoms with Crippen LogP contribution in [0.3, 0.4) is 0 Å². The summed E-state index contributed by atoms with van der Waals surface area (Å²) in [5, 5.41) is 3.70. The average Bonchev–Trinajstić information content (AvgIpc) is 2.54. The second kappa shape index (κ2) is 2.22. The molecule has 2 saturated carbocycles. The zero-order valence-electron chi connectivity index (χ0n) is 7.05. The normalized spacial score (nSPS) is 49.6. The number of rotatable bonds is 1. The lowest BCUT2D eigenvalue weighted by Crippen LogP contribution is -2.32. The summed E-state index contributed by atoms with van der Waals surface area (Å²) in [5.74, 6) is 3.27. The molecule has 1 heterocycles. The van der Waals surface area contributed by atoms with Gasteiger partial charge in [-0.2, -0.15) is 0 Å². The highest BCUT2D eigenvalue weighted by molar-refractivity contribution is 5.05. The highest BCUT2D eigenvalue weighted by Crippen LogP contribution is 2.49. The maximum atomic E-state index is 3.70. The first kappa shape index (κ1) is 6.47. The lowest BCUT2D eigenvalue weighted by molar-refractivity contribution is 0.363. The van der Waals surface area contributed by atoms with E-state index in [-0.39, 0.29) is 0 Å². The van der Waals surface area contributed by atoms with Gasteiger partial charge in [-0.05, 0) is 43.6 Å². The van der Waals surface area contributed by atoms with Crippen molar-refractivity contribution in [2.45, 2.75) is 38.1 Å². The second-order valence-electron chi connectivity index (χ2n) is 4.64. The van der Waals surface area contributed by atoms with Gasteiger partial charge in [0.25, 0.3) is 0 Å². The second-order valence-corrected chi connectivity index (χ2v) is 4.64. The fourth-order valence-electron chi connectivity index (χ4n) is 3.22. The van der Waals surface area contributed by atoms with E-state index in [1.165, 1.54) is 32.2 Å². The van der Waals surface area contributed by atoms with Crippen molar-refractivity contribution >= 4 is 0 Å². The molecule has 3 fully saturated rings. The molecule has 62 valence electrons. The summed E-state index contributed by atoms with van der Waals surface area (Å²) in [7, 11) is 0. The van der Waals surface area contributed by atoms with Gasteiger partial charge in [0, 0.05) is 6.04 Å². The molecular formula is C10H17N. The molecule has 0 aromatic heterocycles. The van der Waals surface area contributed by atoms with Gasteiger partial charge in [0.1, 0.15) is 0 Å². The van der Waals surface area contributed by atoms with Gasteiger partial charge in [0.15, 0.2) is 0 Å². The molecule has 3 atom stereocenters. The van der Waals surface area contributed by atoms with Crippen LogP contribution in [-0.4, -0.2) is 12.6 Å². The molecule has 0 bridgehead atoms. The summed E-state index contributed by atoms with van der Waals surface area (Å²) in [6, 6.07) is 0.947. The first-order chi connectivity index (χ1) is 5.45. The number of hydrogen-bond acceptors (Lipinski definition) is 1. The summed E-state index contributed by atoms with van der Waals surface area (Å²) >= 11 is 0. The molecule has 2 aliphatic carbocycles. The maximum absolute atomic E-state index is 3.70. The van der Waals surface area contributed by atoms with Crippen LogP contribution in [0.25, 0.3) is 0 Å². The van der Waals surface area contributed by atoms with Crippen molar-refractivity contribution in [1.29, 1.82) is 0 Å². The van der Waals surface area contributed by atoms with Crippen LogP contribution in [0, 0.1) is 17.8 Å². The van der Waals surface area contributed by atoms with Gasteiger partial charge in [-0.1, -0.05) is 12.8 Å². The van der Waals surface area contributed by atoms with E-state index in [0.29, 0.717) is 0 Å². The molecule has 0 aromatic rings. The molecule has 0 radical (unpaired) electrons. The lowest BCUT2D eigenvalue weighted by atomic mass is 9.95. The van der Waals surface area contributed by atoms with E-state index in [0.717, 1.165) is 23.8 Å². The van der Waals surface area contributed by atoms with Crippen molar-refractivity contribution in [1.82, 2.24) is 5.32 Å². The quantitative estimate of drug-likeness (QED) is 0.602. The summed E-state index contributed by atoms with van der Waals surface area (Å²) in [6.45, 7) is 1.34. The van der Waals surface area contributed by atoms with Crippen molar-refractivity contribution in [3.8, 4) is 0 Å². The van der Waals surface area contributed by atoms with Crippen LogP contribution < -0.4 is 5.32 Å². The Morgan fingerprint density at radius 2 is 1.82 bits per heavy atom. The van der Waals surface area contributed by atoms with Crippen molar-refractivity contribution < 1.29 is 0 Å². The van der Waals surface area contributed by atoms with Crippen LogP contribution in [0.1, 0.15) is 32.1 Å². The highest BCUT2D eigenvalue weighted by atomic mass is 15.0. The minimum atomic E-state index is 0.947. The number of nitrogens with one attached hydrogen (secondary N) is 1. The molecule has 3 aliphatic rings. The number of hydrogen-bond donors (Lipinski definition) is 1. The average molecular weight is 151 g/mol. The Balaban J connectivity index is 1.68. The Hall–Kier alpha value is -0.0400. The third-order valence-electron chi connectivity index (χ3n) is 3.96. The first-order valence-corrected chi connectivity index (χ1v) is 5.18. The van der Waals surface area contributed by atoms with Crippen molar-refractivity contribution in [2.24, 2.45) is 17.8 Å². The predicted octanol–water partition coefficient (Wildman–Crippen LogP) is 1.78. The van der Waals surface area contributed by atoms with Crippen LogP contribution >= 0.6 is 0 Å². The molecule has 1 saturated heterocycles. The third-order valence-corrected chi connectivity index (χ3v) is 3.96. The van der Waals surface area contributed by atoms with Crippen molar-refractivity contribution in [3.63, 3.8) is 0 Å². The SMILES string of the molecule is C1CCC(C2NCC3CC32)C1. The minimum absolute atomic E-state index is 0.947. The molecule has 0 amide bonds. The monoisotopic (exact) mass is 151 g/mol. The van der Waals surface area contributed by atoms with E-state index in [4.69, 9.17) is 0 Å². The molecule has 1 aliphatic heterocycles. The molecule has 1 nitrogen and oxygen atoms in total. The van der Waals surface area contributed by atoms with Gasteiger partial charge in [-0.25, -0.2) is 0 Å². The summed E-state index contributed by atoms with van der Waals surface area (Å²) < 4.78 is 0. The Morgan fingerprint density at radius 1 is 1.00 bits per heavy atom. The number of piperidine rings is 1. The lowest BCUT2D eigenvalue weighted by Gasteiger charge is -2.20. The van der Waals surface area contributed by atoms with E-state index in [2.05, 4.69) is 5.32 Å². The van der Waals surface area contributed by atoms with Gasteiger partial charge in [0.05, 0.1) is 0 Å². The van der Waals surface area contributed by atoms with Gasteiger partial charge >= 0.3 is 0 Å². The zero-order chi connectivity index (χ0) is 7.26. The summed E-state index contributed by atoms with van der Waals surface area (Å²) in [6.07, 6.45) is 7.58. The predicted molar refractivity (Wildman–Crippen MR) is 45.3 cm³/mol. The summed E-state index contributed by atoms with van der Waals surface area (Å²) in [5.41, 5.74) is 0. The molecule has 3 unspecified atom stereocenters. The van der Waals surface area contributed by atoms with Crippen LogP contribution in [0.5, 0.6) is 0 Å². The smallest absolute Gasteiger partial charge is 0.0127 e. The number of fused-ring (bicyclic) bond motifs is 1. The highest BCUT2D eigenvalue weighted by Gasteiger charge is 2.50. The van der Waals surface area contributed by atoms with E-state index in [1.807, 2.05) is 0 Å². The van der Waals surface area contributed by atoms with Crippen molar-refractivity contribution in [2.75, 3.05) is 6.54 Å². The van der Waals surface area contributed by atoms with E-state index in [9.17, 15) is 0 Å². The van der Waals surface area contributed by atoms with Gasteiger partial charge < -0.3 is 5.32 Å². The van der Waals surface area contributed by atoms with Gasteiger partial charge in [-0.15, -0.1) is 0 Å². The van der Waals surface area contributed by atoms with Gasteiger partial charge in [-0.3, -0.25) is 0 Å². The molecule has 3 rings (SSSR count). The Kier molecular flexibility index (Phi) is 1.31. The molecular weight excluding hydrogens is 134 g/mol. The van der Waals surface area contributed by atoms with Crippen LogP contribution in [0.15, 0.2) is 0 Å². The Labute approximate surface area is 68.6 Å². The fourth-order valence-corrected chi connectivity index (χ4v) is 3.22. The molecule has 0 aromatic carbocycles. The zero-order valence-corrected chi connectivity index (χ0v) is 7.05. The van der Waals surface area contributed by atoms with E-state index < -0.39 is 0 Å². The van der Waals surface area contributed by atoms with E-state index in [1.54, 1.807) is 6.42 Å². The van der Waals surface area contributed by atoms with Crippen LogP contribution in [-0.2, 0) is 0 Å². The molecule has 1 heteroatoms.